The maximum Gasteiger partial charge on any atom is 0.244 e. The Balaban J connectivity index is 1.70. The van der Waals surface area contributed by atoms with Crippen LogP contribution in [0.2, 0.25) is 5.02 Å². The maximum atomic E-state index is 11.7. The van der Waals surface area contributed by atoms with Crippen molar-refractivity contribution in [1.82, 2.24) is 15.2 Å². The Hall–Kier alpha value is -1.93. The van der Waals surface area contributed by atoms with Gasteiger partial charge in [-0.25, -0.2) is 8.42 Å². The molecule has 1 aromatic carbocycles. The summed E-state index contributed by atoms with van der Waals surface area (Å²) in [4.78, 5) is 6.47. The number of halogens is 1. The van der Waals surface area contributed by atoms with Crippen molar-refractivity contribution < 1.29 is 8.42 Å². The molecule has 2 aromatic rings. The van der Waals surface area contributed by atoms with Gasteiger partial charge >= 0.3 is 0 Å². The van der Waals surface area contributed by atoms with Crippen LogP contribution in [0.3, 0.4) is 0 Å². The number of nitrogens with one attached hydrogen (secondary N) is 1. The van der Waals surface area contributed by atoms with E-state index in [2.05, 4.69) is 20.5 Å². The van der Waals surface area contributed by atoms with Crippen LogP contribution in [0.4, 0.5) is 11.8 Å². The number of benzene rings is 1. The van der Waals surface area contributed by atoms with Crippen LogP contribution < -0.4 is 10.2 Å². The number of hydrogen-bond donors (Lipinski definition) is 1. The van der Waals surface area contributed by atoms with Gasteiger partial charge in [0.05, 0.1) is 17.7 Å². The van der Waals surface area contributed by atoms with Gasteiger partial charge in [0.25, 0.3) is 0 Å². The summed E-state index contributed by atoms with van der Waals surface area (Å²) in [6.45, 7) is 3.19. The third kappa shape index (κ3) is 4.58. The van der Waals surface area contributed by atoms with Gasteiger partial charge < -0.3 is 10.2 Å². The van der Waals surface area contributed by atoms with Crippen molar-refractivity contribution >= 4 is 33.2 Å². The molecule has 1 fully saturated rings. The molecular formula is C16H20ClN5O2S. The second kappa shape index (κ2) is 7.53. The topological polar surface area (TPSA) is 88.1 Å². The Labute approximate surface area is 152 Å². The van der Waals surface area contributed by atoms with E-state index in [1.54, 1.807) is 6.20 Å². The molecule has 1 aliphatic rings. The molecule has 0 spiro atoms. The van der Waals surface area contributed by atoms with E-state index in [1.807, 2.05) is 36.1 Å². The summed E-state index contributed by atoms with van der Waals surface area (Å²) in [6.07, 6.45) is 2.19. The Bertz CT molecular complexity index is 829. The summed E-state index contributed by atoms with van der Waals surface area (Å²) >= 11 is 5.88. The monoisotopic (exact) mass is 381 g/mol. The second-order valence-electron chi connectivity index (χ2n) is 5.96. The van der Waals surface area contributed by atoms with Gasteiger partial charge in [0, 0.05) is 24.2 Å². The highest BCUT2D eigenvalue weighted by molar-refractivity contribution is 7.91. The predicted molar refractivity (Wildman–Crippen MR) is 98.7 cm³/mol. The van der Waals surface area contributed by atoms with Gasteiger partial charge in [-0.2, -0.15) is 10.1 Å². The minimum absolute atomic E-state index is 0.0594. The molecule has 1 aliphatic heterocycles. The van der Waals surface area contributed by atoms with E-state index >= 15 is 0 Å². The molecule has 1 atom stereocenters. The molecule has 0 amide bonds. The van der Waals surface area contributed by atoms with Gasteiger partial charge in [-0.1, -0.05) is 23.7 Å². The smallest absolute Gasteiger partial charge is 0.244 e. The van der Waals surface area contributed by atoms with Gasteiger partial charge in [0.1, 0.15) is 0 Å². The summed E-state index contributed by atoms with van der Waals surface area (Å²) in [5, 5.41) is 11.8. The Kier molecular flexibility index (Phi) is 5.39. The first-order valence-corrected chi connectivity index (χ1v) is 10.3. The first kappa shape index (κ1) is 17.9. The molecule has 0 saturated carbocycles. The zero-order valence-electron chi connectivity index (χ0n) is 13.9. The predicted octanol–water partition coefficient (Wildman–Crippen LogP) is 2.15. The lowest BCUT2D eigenvalue weighted by molar-refractivity contribution is 0.599. The highest BCUT2D eigenvalue weighted by Gasteiger charge is 2.32. The van der Waals surface area contributed by atoms with Crippen molar-refractivity contribution in [3.8, 4) is 0 Å². The summed E-state index contributed by atoms with van der Waals surface area (Å²) in [6, 6.07) is 7.44. The molecule has 25 heavy (non-hydrogen) atoms. The molecule has 1 unspecified atom stereocenters. The number of nitrogens with zero attached hydrogens (tertiary/aromatic N) is 4. The Morgan fingerprint density at radius 3 is 2.72 bits per heavy atom. The summed E-state index contributed by atoms with van der Waals surface area (Å²) in [5.74, 6) is 1.44. The molecule has 1 saturated heterocycles. The van der Waals surface area contributed by atoms with Crippen LogP contribution in [0.1, 0.15) is 18.9 Å². The van der Waals surface area contributed by atoms with Crippen LogP contribution in [0.5, 0.6) is 0 Å². The van der Waals surface area contributed by atoms with Crippen LogP contribution >= 0.6 is 11.6 Å². The normalized spacial score (nSPS) is 18.9. The van der Waals surface area contributed by atoms with Crippen LogP contribution in [0.15, 0.2) is 30.5 Å². The van der Waals surface area contributed by atoms with E-state index < -0.39 is 9.84 Å². The molecule has 0 radical (unpaired) electrons. The third-order valence-corrected chi connectivity index (χ3v) is 6.20. The number of sulfone groups is 1. The van der Waals surface area contributed by atoms with Gasteiger partial charge in [0.2, 0.25) is 5.95 Å². The van der Waals surface area contributed by atoms with E-state index in [4.69, 9.17) is 11.6 Å². The summed E-state index contributed by atoms with van der Waals surface area (Å²) in [7, 11) is -2.95. The van der Waals surface area contributed by atoms with Crippen molar-refractivity contribution in [2.75, 3.05) is 28.3 Å². The second-order valence-corrected chi connectivity index (χ2v) is 8.63. The van der Waals surface area contributed by atoms with Crippen LogP contribution in [-0.4, -0.2) is 47.7 Å². The maximum absolute atomic E-state index is 11.7. The number of anilines is 2. The lowest BCUT2D eigenvalue weighted by atomic mass is 10.2. The molecule has 2 heterocycles. The number of aromatic nitrogens is 3. The minimum atomic E-state index is -2.95. The fraction of sp³-hybridized carbons (Fsp3) is 0.438. The molecule has 1 aromatic heterocycles. The largest absolute Gasteiger partial charge is 0.351 e. The third-order valence-electron chi connectivity index (χ3n) is 4.19. The molecule has 1 N–H and O–H groups in total. The lowest BCUT2D eigenvalue weighted by Gasteiger charge is -2.27. The fourth-order valence-electron chi connectivity index (χ4n) is 2.92. The standard InChI is InChI=1S/C16H20ClN5O2S/c1-2-22(14-7-8-25(23,24)11-14)15-10-19-21-16(20-15)18-9-12-3-5-13(17)6-4-12/h3-6,10,14H,2,7-9,11H2,1H3,(H,18,20,21). The van der Waals surface area contributed by atoms with E-state index in [9.17, 15) is 8.42 Å². The average Bonchev–Trinajstić information content (AvgIpc) is 2.95. The number of hydrogen-bond acceptors (Lipinski definition) is 7. The number of rotatable bonds is 6. The molecule has 3 rings (SSSR count). The van der Waals surface area contributed by atoms with Gasteiger partial charge in [-0.3, -0.25) is 0 Å². The minimum Gasteiger partial charge on any atom is -0.351 e. The van der Waals surface area contributed by atoms with E-state index in [0.717, 1.165) is 5.56 Å². The molecule has 0 bridgehead atoms. The Morgan fingerprint density at radius 1 is 1.32 bits per heavy atom. The van der Waals surface area contributed by atoms with Crippen molar-refractivity contribution in [1.29, 1.82) is 0 Å². The van der Waals surface area contributed by atoms with E-state index in [0.29, 0.717) is 36.3 Å². The molecular weight excluding hydrogens is 362 g/mol. The fourth-order valence-corrected chi connectivity index (χ4v) is 4.78. The first-order chi connectivity index (χ1) is 12.0. The van der Waals surface area contributed by atoms with Crippen molar-refractivity contribution in [3.05, 3.63) is 41.0 Å². The van der Waals surface area contributed by atoms with Crippen molar-refractivity contribution in [2.24, 2.45) is 0 Å². The van der Waals surface area contributed by atoms with Crippen molar-refractivity contribution in [2.45, 2.75) is 25.9 Å². The first-order valence-electron chi connectivity index (χ1n) is 8.12. The van der Waals surface area contributed by atoms with Crippen LogP contribution in [-0.2, 0) is 16.4 Å². The van der Waals surface area contributed by atoms with Crippen LogP contribution in [0.25, 0.3) is 0 Å². The zero-order valence-corrected chi connectivity index (χ0v) is 15.5. The Morgan fingerprint density at radius 2 is 2.08 bits per heavy atom. The van der Waals surface area contributed by atoms with Crippen molar-refractivity contribution in [3.63, 3.8) is 0 Å². The van der Waals surface area contributed by atoms with Crippen LogP contribution in [0, 0.1) is 0 Å². The summed E-state index contributed by atoms with van der Waals surface area (Å²) in [5.41, 5.74) is 1.05. The highest BCUT2D eigenvalue weighted by atomic mass is 35.5. The van der Waals surface area contributed by atoms with Gasteiger partial charge in [0.15, 0.2) is 15.7 Å². The van der Waals surface area contributed by atoms with Gasteiger partial charge in [-0.05, 0) is 31.0 Å². The van der Waals surface area contributed by atoms with E-state index in [-0.39, 0.29) is 17.5 Å². The molecule has 7 nitrogen and oxygen atoms in total. The lowest BCUT2D eigenvalue weighted by Crippen LogP contribution is -2.37. The summed E-state index contributed by atoms with van der Waals surface area (Å²) < 4.78 is 23.5. The molecule has 0 aliphatic carbocycles. The average molecular weight is 382 g/mol. The quantitative estimate of drug-likeness (QED) is 0.820. The van der Waals surface area contributed by atoms with E-state index in [1.165, 1.54) is 0 Å². The zero-order chi connectivity index (χ0) is 17.9. The van der Waals surface area contributed by atoms with Gasteiger partial charge in [-0.15, -0.1) is 5.10 Å². The SMILES string of the molecule is CCN(c1cnnc(NCc2ccc(Cl)cc2)n1)C1CCS(=O)(=O)C1. The molecule has 9 heteroatoms. The highest BCUT2D eigenvalue weighted by Crippen LogP contribution is 2.22. The molecule has 134 valence electrons.